The number of benzene rings is 1. The number of carbonyl (C=O) groups is 1. The van der Waals surface area contributed by atoms with Crippen LogP contribution in [0.25, 0.3) is 10.9 Å². The third-order valence-electron chi connectivity index (χ3n) is 4.18. The Morgan fingerprint density at radius 2 is 1.96 bits per heavy atom. The molecule has 3 aromatic rings. The van der Waals surface area contributed by atoms with Crippen molar-refractivity contribution in [2.24, 2.45) is 0 Å². The fraction of sp³-hybridized carbons (Fsp3) is 0.250. The number of pyridine rings is 2. The van der Waals surface area contributed by atoms with Crippen LogP contribution in [0, 0.1) is 6.92 Å². The van der Waals surface area contributed by atoms with Crippen molar-refractivity contribution in [1.82, 2.24) is 14.9 Å². The number of rotatable bonds is 5. The molecule has 2 aromatic heterocycles. The van der Waals surface area contributed by atoms with Crippen LogP contribution in [-0.4, -0.2) is 21.5 Å². The Balaban J connectivity index is 1.75. The molecule has 0 fully saturated rings. The van der Waals surface area contributed by atoms with Gasteiger partial charge in [0.15, 0.2) is 0 Å². The summed E-state index contributed by atoms with van der Waals surface area (Å²) in [7, 11) is 0. The van der Waals surface area contributed by atoms with E-state index in [1.54, 1.807) is 12.3 Å². The maximum Gasteiger partial charge on any atom is 0.251 e. The van der Waals surface area contributed by atoms with Crippen LogP contribution in [0.1, 0.15) is 18.2 Å². The summed E-state index contributed by atoms with van der Waals surface area (Å²) in [5.74, 6) is -0.181. The molecule has 0 saturated heterocycles. The van der Waals surface area contributed by atoms with Crippen LogP contribution < -0.4 is 10.9 Å². The van der Waals surface area contributed by atoms with E-state index in [1.807, 2.05) is 56.3 Å². The Hall–Kier alpha value is -2.95. The molecule has 0 radical (unpaired) electrons. The van der Waals surface area contributed by atoms with Crippen LogP contribution >= 0.6 is 0 Å². The van der Waals surface area contributed by atoms with Gasteiger partial charge in [0.2, 0.25) is 5.91 Å². The average molecular weight is 335 g/mol. The lowest BCUT2D eigenvalue weighted by atomic mass is 10.1. The highest BCUT2D eigenvalue weighted by atomic mass is 16.2. The highest BCUT2D eigenvalue weighted by Gasteiger charge is 2.12. The van der Waals surface area contributed by atoms with Gasteiger partial charge in [0, 0.05) is 35.8 Å². The van der Waals surface area contributed by atoms with Crippen molar-refractivity contribution in [3.8, 4) is 0 Å². The van der Waals surface area contributed by atoms with Gasteiger partial charge in [-0.25, -0.2) is 0 Å². The molecular formula is C20H21N3O2. The standard InChI is InChI=1S/C20H21N3O2/c1-14-11-20(25)23(18-9-4-3-8-17(14)18)13-19(24)22-15(2)12-16-7-5-6-10-21-16/h3-11,15H,12-13H2,1-2H3,(H,22,24). The number of nitrogens with one attached hydrogen (secondary N) is 1. The minimum atomic E-state index is -0.181. The predicted molar refractivity (Wildman–Crippen MR) is 98.5 cm³/mol. The first-order valence-corrected chi connectivity index (χ1v) is 8.33. The molecule has 1 amide bonds. The maximum absolute atomic E-state index is 12.4. The van der Waals surface area contributed by atoms with Crippen LogP contribution in [0.15, 0.2) is 59.5 Å². The summed E-state index contributed by atoms with van der Waals surface area (Å²) in [6.45, 7) is 3.85. The van der Waals surface area contributed by atoms with Crippen molar-refractivity contribution >= 4 is 16.8 Å². The van der Waals surface area contributed by atoms with Gasteiger partial charge >= 0.3 is 0 Å². The Labute approximate surface area is 146 Å². The summed E-state index contributed by atoms with van der Waals surface area (Å²) in [5.41, 5.74) is 2.46. The molecule has 0 aliphatic carbocycles. The van der Waals surface area contributed by atoms with E-state index < -0.39 is 0 Å². The third-order valence-corrected chi connectivity index (χ3v) is 4.18. The van der Waals surface area contributed by atoms with Crippen molar-refractivity contribution in [3.05, 3.63) is 76.3 Å². The molecule has 0 saturated carbocycles. The summed E-state index contributed by atoms with van der Waals surface area (Å²) in [6, 6.07) is 14.9. The van der Waals surface area contributed by atoms with Crippen LogP contribution in [0.2, 0.25) is 0 Å². The first-order valence-electron chi connectivity index (χ1n) is 8.33. The molecule has 1 aromatic carbocycles. The summed E-state index contributed by atoms with van der Waals surface area (Å²) < 4.78 is 1.52. The molecule has 2 heterocycles. The summed E-state index contributed by atoms with van der Waals surface area (Å²) in [4.78, 5) is 29.0. The fourth-order valence-corrected chi connectivity index (χ4v) is 3.01. The molecule has 5 heteroatoms. The number of amides is 1. The van der Waals surface area contributed by atoms with Gasteiger partial charge in [0.25, 0.3) is 5.56 Å². The van der Waals surface area contributed by atoms with Crippen LogP contribution in [0.5, 0.6) is 0 Å². The zero-order valence-corrected chi connectivity index (χ0v) is 14.4. The molecule has 0 spiro atoms. The molecule has 0 aliphatic rings. The summed E-state index contributed by atoms with van der Waals surface area (Å²) in [5, 5.41) is 3.93. The van der Waals surface area contributed by atoms with Gasteiger partial charge < -0.3 is 5.32 Å². The van der Waals surface area contributed by atoms with Crippen LogP contribution in [0.3, 0.4) is 0 Å². The van der Waals surface area contributed by atoms with Gasteiger partial charge in [-0.05, 0) is 37.6 Å². The smallest absolute Gasteiger partial charge is 0.251 e. The SMILES string of the molecule is Cc1cc(=O)n(CC(=O)NC(C)Cc2ccccn2)c2ccccc12. The number of fused-ring (bicyclic) bond motifs is 1. The zero-order valence-electron chi connectivity index (χ0n) is 14.4. The highest BCUT2D eigenvalue weighted by molar-refractivity contribution is 5.84. The first-order chi connectivity index (χ1) is 12.0. The predicted octanol–water partition coefficient (Wildman–Crippen LogP) is 2.45. The van der Waals surface area contributed by atoms with Gasteiger partial charge in [-0.2, -0.15) is 0 Å². The minimum absolute atomic E-state index is 0.00614. The monoisotopic (exact) mass is 335 g/mol. The number of aryl methyl sites for hydroxylation is 1. The number of para-hydroxylation sites is 1. The third kappa shape index (κ3) is 3.94. The van der Waals surface area contributed by atoms with E-state index >= 15 is 0 Å². The Kier molecular flexibility index (Phi) is 4.93. The van der Waals surface area contributed by atoms with Gasteiger partial charge in [0.1, 0.15) is 6.54 Å². The van der Waals surface area contributed by atoms with E-state index in [2.05, 4.69) is 10.3 Å². The van der Waals surface area contributed by atoms with Gasteiger partial charge in [-0.15, -0.1) is 0 Å². The minimum Gasteiger partial charge on any atom is -0.352 e. The molecule has 5 nitrogen and oxygen atoms in total. The molecule has 0 bridgehead atoms. The topological polar surface area (TPSA) is 64.0 Å². The first kappa shape index (κ1) is 16.9. The van der Waals surface area contributed by atoms with E-state index in [0.717, 1.165) is 22.2 Å². The Morgan fingerprint density at radius 1 is 1.20 bits per heavy atom. The molecule has 3 rings (SSSR count). The second kappa shape index (κ2) is 7.30. The molecule has 1 unspecified atom stereocenters. The molecule has 128 valence electrons. The normalized spacial score (nSPS) is 12.1. The second-order valence-corrected chi connectivity index (χ2v) is 6.26. The lowest BCUT2D eigenvalue weighted by Crippen LogP contribution is -2.38. The number of nitrogens with zero attached hydrogens (tertiary/aromatic N) is 2. The van der Waals surface area contributed by atoms with Gasteiger partial charge in [0.05, 0.1) is 5.52 Å². The number of carbonyl (C=O) groups excluding carboxylic acids is 1. The zero-order chi connectivity index (χ0) is 17.8. The van der Waals surface area contributed by atoms with Crippen molar-refractivity contribution in [3.63, 3.8) is 0 Å². The quantitative estimate of drug-likeness (QED) is 0.779. The number of hydrogen-bond donors (Lipinski definition) is 1. The molecule has 1 N–H and O–H groups in total. The number of hydrogen-bond acceptors (Lipinski definition) is 3. The van der Waals surface area contributed by atoms with Crippen LogP contribution in [0.4, 0.5) is 0 Å². The van der Waals surface area contributed by atoms with Crippen molar-refractivity contribution in [2.45, 2.75) is 32.9 Å². The maximum atomic E-state index is 12.4. The highest BCUT2D eigenvalue weighted by Crippen LogP contribution is 2.15. The Bertz CT molecular complexity index is 948. The fourth-order valence-electron chi connectivity index (χ4n) is 3.01. The number of aromatic nitrogens is 2. The Morgan fingerprint density at radius 3 is 2.72 bits per heavy atom. The molecular weight excluding hydrogens is 314 g/mol. The van der Waals surface area contributed by atoms with E-state index in [0.29, 0.717) is 6.42 Å². The lowest BCUT2D eigenvalue weighted by molar-refractivity contribution is -0.122. The van der Waals surface area contributed by atoms with Crippen molar-refractivity contribution < 1.29 is 4.79 Å². The molecule has 25 heavy (non-hydrogen) atoms. The summed E-state index contributed by atoms with van der Waals surface area (Å²) in [6.07, 6.45) is 2.39. The second-order valence-electron chi connectivity index (χ2n) is 6.26. The lowest BCUT2D eigenvalue weighted by Gasteiger charge is -2.16. The average Bonchev–Trinajstić information content (AvgIpc) is 2.59. The van der Waals surface area contributed by atoms with E-state index in [1.165, 1.54) is 4.57 Å². The van der Waals surface area contributed by atoms with E-state index in [-0.39, 0.29) is 24.1 Å². The molecule has 1 atom stereocenters. The largest absolute Gasteiger partial charge is 0.352 e. The van der Waals surface area contributed by atoms with E-state index in [4.69, 9.17) is 0 Å². The van der Waals surface area contributed by atoms with Gasteiger partial charge in [-0.3, -0.25) is 19.1 Å². The van der Waals surface area contributed by atoms with E-state index in [9.17, 15) is 9.59 Å². The van der Waals surface area contributed by atoms with Crippen molar-refractivity contribution in [1.29, 1.82) is 0 Å². The van der Waals surface area contributed by atoms with Gasteiger partial charge in [-0.1, -0.05) is 24.3 Å². The van der Waals surface area contributed by atoms with Crippen molar-refractivity contribution in [2.75, 3.05) is 0 Å². The molecule has 0 aliphatic heterocycles. The van der Waals surface area contributed by atoms with Crippen LogP contribution in [-0.2, 0) is 17.8 Å². The summed E-state index contributed by atoms with van der Waals surface area (Å²) >= 11 is 0.